The molecule has 2 atom stereocenters. The van der Waals surface area contributed by atoms with Crippen molar-refractivity contribution in [2.75, 3.05) is 39.4 Å². The van der Waals surface area contributed by atoms with Gasteiger partial charge < -0.3 is 9.64 Å². The minimum atomic E-state index is 0.0931. The number of carbonyl (C=O) groups excluding carboxylic acids is 1. The molecular formula is C18H25N5O2. The fourth-order valence-electron chi connectivity index (χ4n) is 4.02. The Hall–Kier alpha value is -1.99. The van der Waals surface area contributed by atoms with Crippen LogP contribution in [0.15, 0.2) is 18.2 Å². The van der Waals surface area contributed by atoms with Crippen molar-refractivity contribution in [3.8, 4) is 0 Å². The van der Waals surface area contributed by atoms with E-state index >= 15 is 0 Å². The fraction of sp³-hybridized carbons (Fsp3) is 0.611. The SMILES string of the molecule is CCn1nnc2cc(C(=O)N3C[C@H](C)[C@@H](N4CCOCC4)C3)ccc21. The highest BCUT2D eigenvalue weighted by Crippen LogP contribution is 2.25. The molecule has 0 radical (unpaired) electrons. The third-order valence-electron chi connectivity index (χ3n) is 5.43. The summed E-state index contributed by atoms with van der Waals surface area (Å²) in [6, 6.07) is 6.14. The number of benzene rings is 1. The van der Waals surface area contributed by atoms with Crippen molar-refractivity contribution in [3.63, 3.8) is 0 Å². The average molecular weight is 343 g/mol. The number of nitrogens with zero attached hydrogens (tertiary/aromatic N) is 5. The van der Waals surface area contributed by atoms with E-state index in [0.29, 0.717) is 17.5 Å². The standard InChI is InChI=1S/C18H25N5O2/c1-3-23-16-5-4-14(10-15(16)19-20-23)18(24)22-11-13(2)17(12-22)21-6-8-25-9-7-21/h4-5,10,13,17H,3,6-9,11-12H2,1-2H3/t13-,17-/m0/s1. The van der Waals surface area contributed by atoms with Gasteiger partial charge in [-0.2, -0.15) is 0 Å². The van der Waals surface area contributed by atoms with Gasteiger partial charge in [-0.1, -0.05) is 12.1 Å². The van der Waals surface area contributed by atoms with E-state index in [1.165, 1.54) is 0 Å². The van der Waals surface area contributed by atoms with Crippen LogP contribution in [0.4, 0.5) is 0 Å². The number of morpholine rings is 1. The van der Waals surface area contributed by atoms with Crippen LogP contribution in [-0.4, -0.2) is 76.1 Å². The molecule has 2 aliphatic rings. The summed E-state index contributed by atoms with van der Waals surface area (Å²) in [7, 11) is 0. The number of rotatable bonds is 3. The zero-order chi connectivity index (χ0) is 17.4. The van der Waals surface area contributed by atoms with Crippen molar-refractivity contribution >= 4 is 16.9 Å². The van der Waals surface area contributed by atoms with Gasteiger partial charge in [-0.25, -0.2) is 4.68 Å². The van der Waals surface area contributed by atoms with Gasteiger partial charge in [0.05, 0.1) is 18.7 Å². The van der Waals surface area contributed by atoms with E-state index in [4.69, 9.17) is 4.74 Å². The second kappa shape index (κ2) is 6.72. The van der Waals surface area contributed by atoms with Gasteiger partial charge in [0.25, 0.3) is 5.91 Å². The molecule has 0 bridgehead atoms. The molecule has 7 heteroatoms. The van der Waals surface area contributed by atoms with E-state index in [1.54, 1.807) is 0 Å². The third-order valence-corrected chi connectivity index (χ3v) is 5.43. The zero-order valence-corrected chi connectivity index (χ0v) is 14.9. The molecule has 1 amide bonds. The number of carbonyl (C=O) groups is 1. The van der Waals surface area contributed by atoms with E-state index < -0.39 is 0 Å². The molecule has 0 aliphatic carbocycles. The Labute approximate surface area is 147 Å². The van der Waals surface area contributed by atoms with Crippen LogP contribution in [0, 0.1) is 5.92 Å². The fourth-order valence-corrected chi connectivity index (χ4v) is 4.02. The normalized spacial score (nSPS) is 25.0. The summed E-state index contributed by atoms with van der Waals surface area (Å²) >= 11 is 0. The first-order valence-corrected chi connectivity index (χ1v) is 9.11. The van der Waals surface area contributed by atoms with Crippen molar-refractivity contribution in [3.05, 3.63) is 23.8 Å². The molecule has 0 spiro atoms. The van der Waals surface area contributed by atoms with Gasteiger partial charge >= 0.3 is 0 Å². The number of amides is 1. The molecule has 0 saturated carbocycles. The maximum atomic E-state index is 13.0. The summed E-state index contributed by atoms with van der Waals surface area (Å²) < 4.78 is 7.30. The van der Waals surface area contributed by atoms with Crippen molar-refractivity contribution in [2.45, 2.75) is 26.4 Å². The van der Waals surface area contributed by atoms with Crippen LogP contribution in [0.5, 0.6) is 0 Å². The first kappa shape index (κ1) is 16.5. The van der Waals surface area contributed by atoms with E-state index in [0.717, 1.165) is 57.0 Å². The Morgan fingerprint density at radius 3 is 2.84 bits per heavy atom. The van der Waals surface area contributed by atoms with Gasteiger partial charge in [0, 0.05) is 44.3 Å². The molecule has 4 rings (SSSR count). The lowest BCUT2D eigenvalue weighted by molar-refractivity contribution is 0.0119. The number of aryl methyl sites for hydroxylation is 1. The molecule has 1 aromatic heterocycles. The molecule has 2 aromatic rings. The molecular weight excluding hydrogens is 318 g/mol. The van der Waals surface area contributed by atoms with Crippen LogP contribution in [-0.2, 0) is 11.3 Å². The summed E-state index contributed by atoms with van der Waals surface area (Å²) in [5.74, 6) is 0.572. The first-order valence-electron chi connectivity index (χ1n) is 9.11. The molecule has 2 aliphatic heterocycles. The van der Waals surface area contributed by atoms with Gasteiger partial charge in [-0.05, 0) is 31.0 Å². The molecule has 2 fully saturated rings. The maximum Gasteiger partial charge on any atom is 0.253 e. The lowest BCUT2D eigenvalue weighted by Gasteiger charge is -2.33. The van der Waals surface area contributed by atoms with E-state index in [9.17, 15) is 4.79 Å². The molecule has 3 heterocycles. The Morgan fingerprint density at radius 2 is 2.08 bits per heavy atom. The minimum absolute atomic E-state index is 0.0931. The number of aromatic nitrogens is 3. The predicted molar refractivity (Wildman–Crippen MR) is 94.4 cm³/mol. The van der Waals surface area contributed by atoms with Gasteiger partial charge in [0.2, 0.25) is 0 Å². The number of fused-ring (bicyclic) bond motifs is 1. The van der Waals surface area contributed by atoms with Crippen LogP contribution in [0.2, 0.25) is 0 Å². The van der Waals surface area contributed by atoms with E-state index in [-0.39, 0.29) is 5.91 Å². The summed E-state index contributed by atoms with van der Waals surface area (Å²) in [5, 5.41) is 8.30. The van der Waals surface area contributed by atoms with Crippen molar-refractivity contribution in [1.82, 2.24) is 24.8 Å². The Morgan fingerprint density at radius 1 is 1.28 bits per heavy atom. The van der Waals surface area contributed by atoms with Gasteiger partial charge in [0.1, 0.15) is 5.52 Å². The van der Waals surface area contributed by atoms with Crippen molar-refractivity contribution < 1.29 is 9.53 Å². The number of hydrogen-bond acceptors (Lipinski definition) is 5. The number of ether oxygens (including phenoxy) is 1. The maximum absolute atomic E-state index is 13.0. The first-order chi connectivity index (χ1) is 12.2. The van der Waals surface area contributed by atoms with Crippen LogP contribution in [0.1, 0.15) is 24.2 Å². The second-order valence-electron chi connectivity index (χ2n) is 7.01. The van der Waals surface area contributed by atoms with Crippen LogP contribution >= 0.6 is 0 Å². The summed E-state index contributed by atoms with van der Waals surface area (Å²) in [6.45, 7) is 10.1. The van der Waals surface area contributed by atoms with E-state index in [2.05, 4.69) is 22.1 Å². The van der Waals surface area contributed by atoms with Crippen LogP contribution < -0.4 is 0 Å². The van der Waals surface area contributed by atoms with E-state index in [1.807, 2.05) is 34.7 Å². The number of likely N-dealkylation sites (tertiary alicyclic amines) is 1. The Kier molecular flexibility index (Phi) is 4.43. The summed E-state index contributed by atoms with van der Waals surface area (Å²) in [6.07, 6.45) is 0. The highest BCUT2D eigenvalue weighted by Gasteiger charge is 2.36. The van der Waals surface area contributed by atoms with Crippen molar-refractivity contribution in [2.24, 2.45) is 5.92 Å². The van der Waals surface area contributed by atoms with Gasteiger partial charge in [-0.15, -0.1) is 5.10 Å². The third kappa shape index (κ3) is 3.02. The Balaban J connectivity index is 1.51. The molecule has 7 nitrogen and oxygen atoms in total. The molecule has 1 aromatic carbocycles. The monoisotopic (exact) mass is 343 g/mol. The molecule has 0 N–H and O–H groups in total. The Bertz CT molecular complexity index is 768. The highest BCUT2D eigenvalue weighted by atomic mass is 16.5. The molecule has 0 unspecified atom stereocenters. The van der Waals surface area contributed by atoms with Gasteiger partial charge in [-0.3, -0.25) is 9.69 Å². The minimum Gasteiger partial charge on any atom is -0.379 e. The molecule has 2 saturated heterocycles. The predicted octanol–water partition coefficient (Wildman–Crippen LogP) is 1.24. The zero-order valence-electron chi connectivity index (χ0n) is 14.9. The number of hydrogen-bond donors (Lipinski definition) is 0. The topological polar surface area (TPSA) is 63.5 Å². The summed E-state index contributed by atoms with van der Waals surface area (Å²) in [4.78, 5) is 17.4. The molecule has 25 heavy (non-hydrogen) atoms. The average Bonchev–Trinajstić information content (AvgIpc) is 3.24. The lowest BCUT2D eigenvalue weighted by atomic mass is 10.0. The second-order valence-corrected chi connectivity index (χ2v) is 7.01. The lowest BCUT2D eigenvalue weighted by Crippen LogP contribution is -2.47. The quantitative estimate of drug-likeness (QED) is 0.839. The molecule has 134 valence electrons. The van der Waals surface area contributed by atoms with Crippen molar-refractivity contribution in [1.29, 1.82) is 0 Å². The van der Waals surface area contributed by atoms with Crippen LogP contribution in [0.25, 0.3) is 11.0 Å². The largest absolute Gasteiger partial charge is 0.379 e. The highest BCUT2D eigenvalue weighted by molar-refractivity contribution is 5.97. The summed E-state index contributed by atoms with van der Waals surface area (Å²) in [5.41, 5.74) is 2.45. The smallest absolute Gasteiger partial charge is 0.253 e. The van der Waals surface area contributed by atoms with Crippen LogP contribution in [0.3, 0.4) is 0 Å². The van der Waals surface area contributed by atoms with Gasteiger partial charge in [0.15, 0.2) is 0 Å².